The molecule has 5 nitrogen and oxygen atoms in total. The molecule has 0 amide bonds. The van der Waals surface area contributed by atoms with Crippen molar-refractivity contribution in [1.82, 2.24) is 0 Å². The van der Waals surface area contributed by atoms with Crippen LogP contribution in [0.25, 0.3) is 0 Å². The van der Waals surface area contributed by atoms with E-state index in [-0.39, 0.29) is 0 Å². The summed E-state index contributed by atoms with van der Waals surface area (Å²) >= 11 is 1.61. The summed E-state index contributed by atoms with van der Waals surface area (Å²) in [5, 5.41) is 3.91. The van der Waals surface area contributed by atoms with Gasteiger partial charge in [0.1, 0.15) is 13.2 Å². The summed E-state index contributed by atoms with van der Waals surface area (Å²) in [5.74, 6) is 1.79. The summed E-state index contributed by atoms with van der Waals surface area (Å²) in [6, 6.07) is 0. The van der Waals surface area contributed by atoms with Crippen LogP contribution in [-0.2, 0) is 10.1 Å². The molecule has 0 spiro atoms. The van der Waals surface area contributed by atoms with Gasteiger partial charge in [0.05, 0.1) is 6.26 Å². The maximum atomic E-state index is 9.19. The lowest BCUT2D eigenvalue weighted by molar-refractivity contribution is 0.173. The zero-order valence-electron chi connectivity index (χ0n) is 7.47. The van der Waals surface area contributed by atoms with Crippen molar-refractivity contribution < 1.29 is 22.4 Å². The predicted octanol–water partition coefficient (Wildman–Crippen LogP) is 1.02. The highest BCUT2D eigenvalue weighted by Gasteiger charge is 2.10. The molecule has 0 bridgehead atoms. The smallest absolute Gasteiger partial charge is 0.261 e. The zero-order valence-corrected chi connectivity index (χ0v) is 9.10. The molecule has 2 rings (SSSR count). The van der Waals surface area contributed by atoms with Gasteiger partial charge >= 0.3 is 0 Å². The van der Waals surface area contributed by atoms with Crippen LogP contribution in [0, 0.1) is 0 Å². The van der Waals surface area contributed by atoms with E-state index in [2.05, 4.69) is 0 Å². The minimum Gasteiger partial charge on any atom is -0.485 e. The second-order valence-electron chi connectivity index (χ2n) is 2.53. The lowest BCUT2D eigenvalue weighted by Crippen LogP contribution is -2.13. The van der Waals surface area contributed by atoms with E-state index < -0.39 is 10.1 Å². The van der Waals surface area contributed by atoms with Gasteiger partial charge in [0.2, 0.25) is 0 Å². The Hall–Kier alpha value is -0.790. The third-order valence-electron chi connectivity index (χ3n) is 1.19. The van der Waals surface area contributed by atoms with Crippen LogP contribution in [0.15, 0.2) is 10.8 Å². The third-order valence-corrected chi connectivity index (χ3v) is 1.89. The van der Waals surface area contributed by atoms with Crippen molar-refractivity contribution in [3.8, 4) is 11.5 Å². The van der Waals surface area contributed by atoms with E-state index >= 15 is 0 Å². The molecular formula is C7H10O5S2. The fourth-order valence-corrected chi connectivity index (χ4v) is 1.47. The number of hydrogen-bond acceptors (Lipinski definition) is 5. The molecule has 2 heterocycles. The molecule has 0 saturated heterocycles. The Balaban J connectivity index is 0.000000171. The fourth-order valence-electron chi connectivity index (χ4n) is 0.787. The molecular weight excluding hydrogens is 228 g/mol. The van der Waals surface area contributed by atoms with Gasteiger partial charge in [0.15, 0.2) is 11.5 Å². The predicted molar refractivity (Wildman–Crippen MR) is 52.8 cm³/mol. The monoisotopic (exact) mass is 238 g/mol. The molecule has 0 saturated carbocycles. The molecule has 0 aromatic carbocycles. The second-order valence-corrected chi connectivity index (χ2v) is 4.74. The average molecular weight is 238 g/mol. The SMILES string of the molecule is CS(=O)(=O)O.c1scc2c1OCCO2. The number of rotatable bonds is 0. The Morgan fingerprint density at radius 3 is 2.00 bits per heavy atom. The topological polar surface area (TPSA) is 72.8 Å². The maximum absolute atomic E-state index is 9.19. The van der Waals surface area contributed by atoms with Gasteiger partial charge in [-0.1, -0.05) is 0 Å². The molecule has 1 aromatic rings. The lowest BCUT2D eigenvalue weighted by atomic mass is 10.5. The van der Waals surface area contributed by atoms with E-state index in [0.29, 0.717) is 19.5 Å². The summed E-state index contributed by atoms with van der Waals surface area (Å²) in [6.45, 7) is 1.37. The largest absolute Gasteiger partial charge is 0.485 e. The van der Waals surface area contributed by atoms with Crippen LogP contribution in [0.4, 0.5) is 0 Å². The van der Waals surface area contributed by atoms with Crippen LogP contribution < -0.4 is 9.47 Å². The van der Waals surface area contributed by atoms with E-state index in [0.717, 1.165) is 11.5 Å². The Labute approximate surface area is 86.0 Å². The van der Waals surface area contributed by atoms with Crippen LogP contribution in [0.2, 0.25) is 0 Å². The average Bonchev–Trinajstić information content (AvgIpc) is 2.47. The van der Waals surface area contributed by atoms with Crippen molar-refractivity contribution in [2.75, 3.05) is 19.5 Å². The van der Waals surface area contributed by atoms with Crippen molar-refractivity contribution in [3.63, 3.8) is 0 Å². The first-order chi connectivity index (χ1) is 6.47. The normalized spacial score (nSPS) is 14.1. The highest BCUT2D eigenvalue weighted by molar-refractivity contribution is 7.85. The van der Waals surface area contributed by atoms with Crippen molar-refractivity contribution in [1.29, 1.82) is 0 Å². The Morgan fingerprint density at radius 1 is 1.29 bits per heavy atom. The highest BCUT2D eigenvalue weighted by atomic mass is 32.2. The van der Waals surface area contributed by atoms with Crippen LogP contribution in [-0.4, -0.2) is 32.4 Å². The van der Waals surface area contributed by atoms with Crippen molar-refractivity contribution in [2.45, 2.75) is 0 Å². The van der Waals surface area contributed by atoms with Crippen molar-refractivity contribution >= 4 is 21.5 Å². The van der Waals surface area contributed by atoms with Gasteiger partial charge in [-0.05, 0) is 0 Å². The molecule has 1 aromatic heterocycles. The Kier molecular flexibility index (Phi) is 3.73. The molecule has 14 heavy (non-hydrogen) atoms. The standard InChI is InChI=1S/C6H6O2S.CH4O3S/c1-2-8-6-4-9-3-5(6)7-1;1-5(2,3)4/h3-4H,1-2H2;1H3,(H,2,3,4). The number of fused-ring (bicyclic) bond motifs is 1. The zero-order chi connectivity index (χ0) is 10.6. The molecule has 7 heteroatoms. The van der Waals surface area contributed by atoms with Crippen molar-refractivity contribution in [2.24, 2.45) is 0 Å². The second kappa shape index (κ2) is 4.63. The number of hydrogen-bond donors (Lipinski definition) is 1. The summed E-state index contributed by atoms with van der Waals surface area (Å²) in [5.41, 5.74) is 0. The summed E-state index contributed by atoms with van der Waals surface area (Å²) < 4.78 is 36.4. The minimum absolute atomic E-state index is 0.684. The molecule has 1 aliphatic rings. The minimum atomic E-state index is -3.67. The van der Waals surface area contributed by atoms with Crippen LogP contribution in [0.3, 0.4) is 0 Å². The van der Waals surface area contributed by atoms with E-state index in [9.17, 15) is 8.42 Å². The summed E-state index contributed by atoms with van der Waals surface area (Å²) in [7, 11) is -3.67. The molecule has 1 aliphatic heterocycles. The van der Waals surface area contributed by atoms with E-state index in [1.165, 1.54) is 0 Å². The van der Waals surface area contributed by atoms with Crippen LogP contribution >= 0.6 is 11.3 Å². The van der Waals surface area contributed by atoms with E-state index in [1.54, 1.807) is 11.3 Å². The maximum Gasteiger partial charge on any atom is 0.261 e. The summed E-state index contributed by atoms with van der Waals surface area (Å²) in [4.78, 5) is 0. The molecule has 0 aliphatic carbocycles. The van der Waals surface area contributed by atoms with Gasteiger partial charge < -0.3 is 9.47 Å². The van der Waals surface area contributed by atoms with Crippen LogP contribution in [0.5, 0.6) is 11.5 Å². The van der Waals surface area contributed by atoms with Gasteiger partial charge in [0, 0.05) is 10.8 Å². The number of ether oxygens (including phenoxy) is 2. The van der Waals surface area contributed by atoms with Crippen molar-refractivity contribution in [3.05, 3.63) is 10.8 Å². The molecule has 1 N–H and O–H groups in total. The Morgan fingerprint density at radius 2 is 1.64 bits per heavy atom. The molecule has 0 radical (unpaired) electrons. The van der Waals surface area contributed by atoms with Gasteiger partial charge in [0.25, 0.3) is 10.1 Å². The first-order valence-corrected chi connectivity index (χ1v) is 6.50. The molecule has 0 unspecified atom stereocenters. The van der Waals surface area contributed by atoms with E-state index in [1.807, 2.05) is 10.8 Å². The van der Waals surface area contributed by atoms with Gasteiger partial charge in [-0.25, -0.2) is 0 Å². The van der Waals surface area contributed by atoms with Crippen LogP contribution in [0.1, 0.15) is 0 Å². The molecule has 0 fully saturated rings. The third kappa shape index (κ3) is 4.45. The summed E-state index contributed by atoms with van der Waals surface area (Å²) in [6.07, 6.45) is 0.715. The number of thiophene rings is 1. The fraction of sp³-hybridized carbons (Fsp3) is 0.429. The molecule has 80 valence electrons. The molecule has 0 atom stereocenters. The lowest BCUT2D eigenvalue weighted by Gasteiger charge is -2.13. The Bertz CT molecular complexity index is 352. The van der Waals surface area contributed by atoms with Gasteiger partial charge in [-0.2, -0.15) is 8.42 Å². The van der Waals surface area contributed by atoms with Gasteiger partial charge in [-0.15, -0.1) is 11.3 Å². The highest BCUT2D eigenvalue weighted by Crippen LogP contribution is 2.33. The quantitative estimate of drug-likeness (QED) is 0.683. The van der Waals surface area contributed by atoms with Gasteiger partial charge in [-0.3, -0.25) is 4.55 Å². The van der Waals surface area contributed by atoms with E-state index in [4.69, 9.17) is 14.0 Å². The first kappa shape index (κ1) is 11.3. The first-order valence-electron chi connectivity index (χ1n) is 3.71.